The fraction of sp³-hybridized carbons (Fsp3) is 0.250. The molecule has 0 spiro atoms. The standard InChI is InChI=1S/C24H26N2O4/c1-3-4-15-29-21-12-10-19(11-13-21)24(28)26-25-23(27)17(2)30-22-14-9-18-7-5-6-8-20(18)16-22/h5-14,16-17H,3-4,15H2,1-2H3,(H,25,27)(H,26,28)/t17-/m1/s1. The Balaban J connectivity index is 1.49. The van der Waals surface area contributed by atoms with Gasteiger partial charge in [-0.05, 0) is 60.5 Å². The van der Waals surface area contributed by atoms with Gasteiger partial charge < -0.3 is 9.47 Å². The maximum Gasteiger partial charge on any atom is 0.279 e. The van der Waals surface area contributed by atoms with Crippen molar-refractivity contribution in [3.05, 3.63) is 72.3 Å². The normalized spacial score (nSPS) is 11.5. The SMILES string of the molecule is CCCCOc1ccc(C(=O)NNC(=O)[C@@H](C)Oc2ccc3ccccc3c2)cc1. The minimum atomic E-state index is -0.777. The zero-order valence-electron chi connectivity index (χ0n) is 17.2. The van der Waals surface area contributed by atoms with Gasteiger partial charge in [0.1, 0.15) is 11.5 Å². The molecule has 30 heavy (non-hydrogen) atoms. The molecule has 0 heterocycles. The first-order valence-corrected chi connectivity index (χ1v) is 10.1. The van der Waals surface area contributed by atoms with Crippen molar-refractivity contribution in [1.29, 1.82) is 0 Å². The van der Waals surface area contributed by atoms with Crippen LogP contribution in [0.5, 0.6) is 11.5 Å². The number of nitrogens with one attached hydrogen (secondary N) is 2. The van der Waals surface area contributed by atoms with Crippen LogP contribution in [0.4, 0.5) is 0 Å². The molecule has 0 saturated carbocycles. The highest BCUT2D eigenvalue weighted by Crippen LogP contribution is 2.21. The van der Waals surface area contributed by atoms with Gasteiger partial charge in [-0.2, -0.15) is 0 Å². The summed E-state index contributed by atoms with van der Waals surface area (Å²) >= 11 is 0. The number of fused-ring (bicyclic) bond motifs is 1. The van der Waals surface area contributed by atoms with E-state index < -0.39 is 17.9 Å². The van der Waals surface area contributed by atoms with Crippen molar-refractivity contribution in [2.75, 3.05) is 6.61 Å². The molecule has 0 aliphatic rings. The van der Waals surface area contributed by atoms with Gasteiger partial charge in [-0.3, -0.25) is 20.4 Å². The molecule has 3 aromatic carbocycles. The smallest absolute Gasteiger partial charge is 0.279 e. The molecule has 0 unspecified atom stereocenters. The molecule has 156 valence electrons. The van der Waals surface area contributed by atoms with Crippen LogP contribution in [-0.2, 0) is 4.79 Å². The number of benzene rings is 3. The van der Waals surface area contributed by atoms with Gasteiger partial charge in [0.15, 0.2) is 6.10 Å². The van der Waals surface area contributed by atoms with Gasteiger partial charge in [0.2, 0.25) is 0 Å². The van der Waals surface area contributed by atoms with Crippen LogP contribution in [0.1, 0.15) is 37.0 Å². The van der Waals surface area contributed by atoms with Crippen molar-refractivity contribution in [2.24, 2.45) is 0 Å². The number of carbonyl (C=O) groups excluding carboxylic acids is 2. The minimum Gasteiger partial charge on any atom is -0.494 e. The van der Waals surface area contributed by atoms with Crippen LogP contribution in [0, 0.1) is 0 Å². The molecule has 0 aliphatic heterocycles. The summed E-state index contributed by atoms with van der Waals surface area (Å²) < 4.78 is 11.3. The molecule has 6 heteroatoms. The zero-order chi connectivity index (χ0) is 21.3. The lowest BCUT2D eigenvalue weighted by Crippen LogP contribution is -2.47. The van der Waals surface area contributed by atoms with E-state index in [1.807, 2.05) is 42.5 Å². The number of carbonyl (C=O) groups is 2. The second-order valence-electron chi connectivity index (χ2n) is 6.94. The van der Waals surface area contributed by atoms with Crippen LogP contribution in [0.25, 0.3) is 10.8 Å². The average Bonchev–Trinajstić information content (AvgIpc) is 2.77. The number of rotatable bonds is 8. The molecule has 3 aromatic rings. The van der Waals surface area contributed by atoms with E-state index in [1.165, 1.54) is 0 Å². The molecule has 6 nitrogen and oxygen atoms in total. The summed E-state index contributed by atoms with van der Waals surface area (Å²) in [6.45, 7) is 4.37. The maximum absolute atomic E-state index is 12.3. The number of amides is 2. The Bertz CT molecular complexity index is 1000. The van der Waals surface area contributed by atoms with Crippen molar-refractivity contribution in [3.8, 4) is 11.5 Å². The molecule has 0 aliphatic carbocycles. The van der Waals surface area contributed by atoms with Crippen LogP contribution >= 0.6 is 0 Å². The van der Waals surface area contributed by atoms with Crippen LogP contribution in [0.2, 0.25) is 0 Å². The number of hydrogen-bond acceptors (Lipinski definition) is 4. The predicted molar refractivity (Wildman–Crippen MR) is 116 cm³/mol. The van der Waals surface area contributed by atoms with E-state index in [0.717, 1.165) is 23.6 Å². The number of unbranched alkanes of at least 4 members (excludes halogenated alkanes) is 1. The van der Waals surface area contributed by atoms with Crippen LogP contribution in [-0.4, -0.2) is 24.5 Å². The number of hydrogen-bond donors (Lipinski definition) is 2. The quantitative estimate of drug-likeness (QED) is 0.433. The summed E-state index contributed by atoms with van der Waals surface area (Å²) in [5, 5.41) is 2.12. The van der Waals surface area contributed by atoms with Gasteiger partial charge >= 0.3 is 0 Å². The minimum absolute atomic E-state index is 0.415. The van der Waals surface area contributed by atoms with E-state index in [2.05, 4.69) is 17.8 Å². The van der Waals surface area contributed by atoms with E-state index in [9.17, 15) is 9.59 Å². The highest BCUT2D eigenvalue weighted by atomic mass is 16.5. The van der Waals surface area contributed by atoms with E-state index >= 15 is 0 Å². The fourth-order valence-corrected chi connectivity index (χ4v) is 2.83. The Labute approximate surface area is 176 Å². The Hall–Kier alpha value is -3.54. The Morgan fingerprint density at radius 3 is 2.33 bits per heavy atom. The number of ether oxygens (including phenoxy) is 2. The summed E-state index contributed by atoms with van der Waals surface area (Å²) in [6, 6.07) is 20.3. The summed E-state index contributed by atoms with van der Waals surface area (Å²) in [7, 11) is 0. The Morgan fingerprint density at radius 1 is 0.900 bits per heavy atom. The first kappa shape index (κ1) is 21.2. The van der Waals surface area contributed by atoms with Gasteiger partial charge in [0, 0.05) is 5.56 Å². The van der Waals surface area contributed by atoms with Crippen LogP contribution < -0.4 is 20.3 Å². The summed E-state index contributed by atoms with van der Waals surface area (Å²) in [4.78, 5) is 24.5. The average molecular weight is 406 g/mol. The van der Waals surface area contributed by atoms with Gasteiger partial charge in [-0.1, -0.05) is 43.7 Å². The Kier molecular flexibility index (Phi) is 7.27. The highest BCUT2D eigenvalue weighted by Gasteiger charge is 2.16. The monoisotopic (exact) mass is 406 g/mol. The third-order valence-corrected chi connectivity index (χ3v) is 4.59. The predicted octanol–water partition coefficient (Wildman–Crippen LogP) is 4.25. The Morgan fingerprint density at radius 2 is 1.60 bits per heavy atom. The summed E-state index contributed by atoms with van der Waals surface area (Å²) in [5.74, 6) is 0.431. The molecular weight excluding hydrogens is 380 g/mol. The van der Waals surface area contributed by atoms with Crippen molar-refractivity contribution in [2.45, 2.75) is 32.8 Å². The van der Waals surface area contributed by atoms with Gasteiger partial charge in [-0.25, -0.2) is 0 Å². The first-order chi connectivity index (χ1) is 14.6. The van der Waals surface area contributed by atoms with Gasteiger partial charge in [-0.15, -0.1) is 0 Å². The molecule has 2 N–H and O–H groups in total. The first-order valence-electron chi connectivity index (χ1n) is 10.1. The van der Waals surface area contributed by atoms with Crippen molar-refractivity contribution < 1.29 is 19.1 Å². The van der Waals surface area contributed by atoms with Crippen molar-refractivity contribution in [1.82, 2.24) is 10.9 Å². The van der Waals surface area contributed by atoms with Gasteiger partial charge in [0.25, 0.3) is 11.8 Å². The lowest BCUT2D eigenvalue weighted by Gasteiger charge is -2.15. The molecule has 1 atom stereocenters. The van der Waals surface area contributed by atoms with E-state index in [-0.39, 0.29) is 0 Å². The van der Waals surface area contributed by atoms with Crippen LogP contribution in [0.15, 0.2) is 66.7 Å². The molecule has 0 saturated heterocycles. The molecule has 0 fully saturated rings. The molecule has 0 radical (unpaired) electrons. The van der Waals surface area contributed by atoms with Crippen molar-refractivity contribution >= 4 is 22.6 Å². The number of hydrazine groups is 1. The molecule has 3 rings (SSSR count). The summed E-state index contributed by atoms with van der Waals surface area (Å²) in [6.07, 6.45) is 1.26. The van der Waals surface area contributed by atoms with E-state index in [1.54, 1.807) is 31.2 Å². The lowest BCUT2D eigenvalue weighted by molar-refractivity contribution is -0.128. The third kappa shape index (κ3) is 5.73. The maximum atomic E-state index is 12.3. The largest absolute Gasteiger partial charge is 0.494 e. The summed E-state index contributed by atoms with van der Waals surface area (Å²) in [5.41, 5.74) is 5.23. The lowest BCUT2D eigenvalue weighted by atomic mass is 10.1. The van der Waals surface area contributed by atoms with Gasteiger partial charge in [0.05, 0.1) is 6.61 Å². The molecular formula is C24H26N2O4. The molecule has 0 aromatic heterocycles. The molecule has 2 amide bonds. The highest BCUT2D eigenvalue weighted by molar-refractivity contribution is 5.95. The van der Waals surface area contributed by atoms with Crippen molar-refractivity contribution in [3.63, 3.8) is 0 Å². The fourth-order valence-electron chi connectivity index (χ4n) is 2.83. The van der Waals surface area contributed by atoms with E-state index in [4.69, 9.17) is 9.47 Å². The van der Waals surface area contributed by atoms with E-state index in [0.29, 0.717) is 23.7 Å². The second-order valence-corrected chi connectivity index (χ2v) is 6.94. The topological polar surface area (TPSA) is 76.7 Å². The second kappa shape index (κ2) is 10.3. The zero-order valence-corrected chi connectivity index (χ0v) is 17.2. The molecule has 0 bridgehead atoms. The van der Waals surface area contributed by atoms with Crippen LogP contribution in [0.3, 0.4) is 0 Å². The third-order valence-electron chi connectivity index (χ3n) is 4.59.